The van der Waals surface area contributed by atoms with E-state index in [-0.39, 0.29) is 0 Å². The summed E-state index contributed by atoms with van der Waals surface area (Å²) in [6.45, 7) is 0.668. The van der Waals surface area contributed by atoms with Gasteiger partial charge in [0.05, 0.1) is 0 Å². The third-order valence-corrected chi connectivity index (χ3v) is 4.43. The third-order valence-electron chi connectivity index (χ3n) is 3.29. The number of nitrogens with zero attached hydrogens (tertiary/aromatic N) is 2. The van der Waals surface area contributed by atoms with Gasteiger partial charge >= 0.3 is 0 Å². The van der Waals surface area contributed by atoms with Crippen molar-refractivity contribution in [3.8, 4) is 0 Å². The monoisotopic (exact) mass is 237 g/mol. The fraction of sp³-hybridized carbons (Fsp3) is 0.583. The molecule has 0 aromatic carbocycles. The summed E-state index contributed by atoms with van der Waals surface area (Å²) in [4.78, 5) is 6.48. The molecule has 0 aliphatic carbocycles. The lowest BCUT2D eigenvalue weighted by molar-refractivity contribution is 0.193. The van der Waals surface area contributed by atoms with E-state index >= 15 is 0 Å². The predicted octanol–water partition coefficient (Wildman–Crippen LogP) is 1.52. The van der Waals surface area contributed by atoms with E-state index in [1.54, 1.807) is 0 Å². The van der Waals surface area contributed by atoms with Crippen LogP contribution in [0.25, 0.3) is 0 Å². The van der Waals surface area contributed by atoms with Crippen molar-refractivity contribution in [2.75, 3.05) is 25.1 Å². The number of pyridine rings is 1. The Hall–Kier alpha value is -0.580. The smallest absolute Gasteiger partial charge is 0.0471 e. The molecule has 1 aliphatic rings. The molecular formula is C12H19N3S. The summed E-state index contributed by atoms with van der Waals surface area (Å²) in [7, 11) is 2.19. The highest BCUT2D eigenvalue weighted by molar-refractivity contribution is 7.99. The standard InChI is InChI=1S/C12H19N3S/c1-15(11-4-7-16-9-11)12(8-13)10-2-5-14-6-3-10/h2-3,5-6,11-12H,4,7-9,13H2,1H3. The Morgan fingerprint density at radius 2 is 2.31 bits per heavy atom. The molecule has 2 N–H and O–H groups in total. The molecule has 1 aromatic rings. The number of likely N-dealkylation sites (N-methyl/N-ethyl adjacent to an activating group) is 1. The molecule has 3 nitrogen and oxygen atoms in total. The SMILES string of the molecule is CN(C1CCSC1)C(CN)c1ccncc1. The van der Waals surface area contributed by atoms with E-state index in [9.17, 15) is 0 Å². The lowest BCUT2D eigenvalue weighted by atomic mass is 10.1. The van der Waals surface area contributed by atoms with Crippen LogP contribution in [0.2, 0.25) is 0 Å². The van der Waals surface area contributed by atoms with Crippen LogP contribution in [-0.4, -0.2) is 41.0 Å². The molecule has 4 heteroatoms. The second-order valence-corrected chi connectivity index (χ2v) is 5.36. The minimum absolute atomic E-state index is 0.326. The van der Waals surface area contributed by atoms with E-state index in [2.05, 4.69) is 29.1 Å². The molecule has 2 rings (SSSR count). The maximum Gasteiger partial charge on any atom is 0.0471 e. The number of rotatable bonds is 4. The summed E-state index contributed by atoms with van der Waals surface area (Å²) in [5.74, 6) is 2.51. The van der Waals surface area contributed by atoms with Crippen molar-refractivity contribution in [3.05, 3.63) is 30.1 Å². The topological polar surface area (TPSA) is 42.1 Å². The molecule has 1 fully saturated rings. The number of thioether (sulfide) groups is 1. The van der Waals surface area contributed by atoms with Gasteiger partial charge in [-0.2, -0.15) is 11.8 Å². The Bertz CT molecular complexity index is 311. The van der Waals surface area contributed by atoms with Crippen LogP contribution in [0.1, 0.15) is 18.0 Å². The van der Waals surface area contributed by atoms with Gasteiger partial charge in [0.2, 0.25) is 0 Å². The molecule has 2 heterocycles. The summed E-state index contributed by atoms with van der Waals surface area (Å²) in [6, 6.07) is 5.13. The molecule has 1 saturated heterocycles. The van der Waals surface area contributed by atoms with Crippen LogP contribution in [0.15, 0.2) is 24.5 Å². The molecule has 2 atom stereocenters. The summed E-state index contributed by atoms with van der Waals surface area (Å²) in [6.07, 6.45) is 4.97. The van der Waals surface area contributed by atoms with Crippen LogP contribution in [0.4, 0.5) is 0 Å². The fourth-order valence-electron chi connectivity index (χ4n) is 2.22. The molecule has 1 aliphatic heterocycles. The van der Waals surface area contributed by atoms with Gasteiger partial charge in [-0.25, -0.2) is 0 Å². The van der Waals surface area contributed by atoms with Crippen molar-refractivity contribution in [1.29, 1.82) is 0 Å². The molecule has 0 bridgehead atoms. The van der Waals surface area contributed by atoms with Gasteiger partial charge in [-0.1, -0.05) is 0 Å². The van der Waals surface area contributed by atoms with Gasteiger partial charge in [-0.15, -0.1) is 0 Å². The largest absolute Gasteiger partial charge is 0.329 e. The Labute approximate surface area is 101 Å². The van der Waals surface area contributed by atoms with Gasteiger partial charge in [0.1, 0.15) is 0 Å². The highest BCUT2D eigenvalue weighted by Crippen LogP contribution is 2.27. The molecular weight excluding hydrogens is 218 g/mol. The first-order valence-electron chi connectivity index (χ1n) is 5.72. The zero-order valence-electron chi connectivity index (χ0n) is 9.67. The quantitative estimate of drug-likeness (QED) is 0.862. The van der Waals surface area contributed by atoms with E-state index in [1.165, 1.54) is 23.5 Å². The van der Waals surface area contributed by atoms with E-state index in [0.29, 0.717) is 18.6 Å². The molecule has 0 radical (unpaired) electrons. The number of nitrogens with two attached hydrogens (primary N) is 1. The van der Waals surface area contributed by atoms with E-state index in [4.69, 9.17) is 5.73 Å². The van der Waals surface area contributed by atoms with Gasteiger partial charge in [0, 0.05) is 36.8 Å². The van der Waals surface area contributed by atoms with Crippen LogP contribution in [0.3, 0.4) is 0 Å². The van der Waals surface area contributed by atoms with Crippen molar-refractivity contribution in [2.24, 2.45) is 5.73 Å². The average molecular weight is 237 g/mol. The average Bonchev–Trinajstić information content (AvgIpc) is 2.85. The molecule has 2 unspecified atom stereocenters. The minimum Gasteiger partial charge on any atom is -0.329 e. The van der Waals surface area contributed by atoms with Crippen molar-refractivity contribution >= 4 is 11.8 Å². The first kappa shape index (κ1) is 11.9. The zero-order chi connectivity index (χ0) is 11.4. The summed E-state index contributed by atoms with van der Waals surface area (Å²) in [5.41, 5.74) is 7.18. The van der Waals surface area contributed by atoms with Gasteiger partial charge in [0.25, 0.3) is 0 Å². The van der Waals surface area contributed by atoms with Crippen molar-refractivity contribution in [2.45, 2.75) is 18.5 Å². The van der Waals surface area contributed by atoms with Crippen LogP contribution in [-0.2, 0) is 0 Å². The number of hydrogen-bond donors (Lipinski definition) is 1. The lowest BCUT2D eigenvalue weighted by Gasteiger charge is -2.32. The van der Waals surface area contributed by atoms with Gasteiger partial charge in [-0.05, 0) is 36.9 Å². The van der Waals surface area contributed by atoms with Gasteiger partial charge in [0.15, 0.2) is 0 Å². The Morgan fingerprint density at radius 1 is 1.56 bits per heavy atom. The van der Waals surface area contributed by atoms with Crippen LogP contribution >= 0.6 is 11.8 Å². The number of hydrogen-bond acceptors (Lipinski definition) is 4. The normalized spacial score (nSPS) is 22.6. The van der Waals surface area contributed by atoms with E-state index in [1.807, 2.05) is 24.2 Å². The maximum atomic E-state index is 5.90. The lowest BCUT2D eigenvalue weighted by Crippen LogP contribution is -2.38. The minimum atomic E-state index is 0.326. The first-order valence-corrected chi connectivity index (χ1v) is 6.88. The Balaban J connectivity index is 2.09. The molecule has 0 amide bonds. The summed E-state index contributed by atoms with van der Waals surface area (Å²) >= 11 is 2.04. The first-order chi connectivity index (χ1) is 7.83. The van der Waals surface area contributed by atoms with Crippen molar-refractivity contribution in [1.82, 2.24) is 9.88 Å². The maximum absolute atomic E-state index is 5.90. The van der Waals surface area contributed by atoms with Gasteiger partial charge < -0.3 is 5.73 Å². The van der Waals surface area contributed by atoms with Crippen LogP contribution in [0, 0.1) is 0 Å². The zero-order valence-corrected chi connectivity index (χ0v) is 10.5. The molecule has 1 aromatic heterocycles. The number of aromatic nitrogens is 1. The van der Waals surface area contributed by atoms with Crippen molar-refractivity contribution in [3.63, 3.8) is 0 Å². The molecule has 16 heavy (non-hydrogen) atoms. The highest BCUT2D eigenvalue weighted by atomic mass is 32.2. The molecule has 0 saturated carbocycles. The third kappa shape index (κ3) is 2.56. The van der Waals surface area contributed by atoms with Crippen molar-refractivity contribution < 1.29 is 0 Å². The summed E-state index contributed by atoms with van der Waals surface area (Å²) in [5, 5.41) is 0. The Morgan fingerprint density at radius 3 is 2.88 bits per heavy atom. The van der Waals surface area contributed by atoms with Gasteiger partial charge in [-0.3, -0.25) is 9.88 Å². The van der Waals surface area contributed by atoms with Crippen LogP contribution in [0.5, 0.6) is 0 Å². The second-order valence-electron chi connectivity index (χ2n) is 4.21. The van der Waals surface area contributed by atoms with Crippen LogP contribution < -0.4 is 5.73 Å². The summed E-state index contributed by atoms with van der Waals surface area (Å²) < 4.78 is 0. The Kier molecular flexibility index (Phi) is 4.21. The molecule has 0 spiro atoms. The van der Waals surface area contributed by atoms with E-state index in [0.717, 1.165) is 0 Å². The highest BCUT2D eigenvalue weighted by Gasteiger charge is 2.25. The molecule has 88 valence electrons. The second kappa shape index (κ2) is 5.66. The van der Waals surface area contributed by atoms with E-state index < -0.39 is 0 Å². The fourth-order valence-corrected chi connectivity index (χ4v) is 3.50. The predicted molar refractivity (Wildman–Crippen MR) is 69.5 cm³/mol.